The normalized spacial score (nSPS) is 13.8. The molecule has 260 valence electrons. The highest BCUT2D eigenvalue weighted by Gasteiger charge is 2.33. The van der Waals surface area contributed by atoms with E-state index >= 15 is 0 Å². The second kappa shape index (κ2) is 19.2. The van der Waals surface area contributed by atoms with E-state index in [0.29, 0.717) is 17.5 Å². The van der Waals surface area contributed by atoms with Crippen LogP contribution in [0.5, 0.6) is 5.75 Å². The van der Waals surface area contributed by atoms with Crippen molar-refractivity contribution in [2.75, 3.05) is 13.1 Å². The minimum atomic E-state index is -1.73. The molecular formula is C32H42N6O10. The molecule has 16 heteroatoms. The van der Waals surface area contributed by atoms with Gasteiger partial charge in [-0.3, -0.25) is 28.8 Å². The van der Waals surface area contributed by atoms with Gasteiger partial charge >= 0.3 is 11.9 Å². The molecule has 0 heterocycles. The molecule has 2 rings (SSSR count). The second-order valence-electron chi connectivity index (χ2n) is 11.2. The summed E-state index contributed by atoms with van der Waals surface area (Å²) in [6, 6.07) is 9.54. The SMILES string of the molecule is CC[C@H](C)[C@H](NC(=O)[C@H](Cc1ccccc1)NC(=O)CNC(=O)CNC(=O)[C@@H](N)Cc1ccc(O)cc1)C(=O)N[C@@H](CC(=O)O)C(=O)O. The first kappa shape index (κ1) is 38.7. The molecule has 0 bridgehead atoms. The second-order valence-corrected chi connectivity index (χ2v) is 11.2. The fourth-order valence-corrected chi connectivity index (χ4v) is 4.41. The Morgan fingerprint density at radius 3 is 1.90 bits per heavy atom. The van der Waals surface area contributed by atoms with Crippen molar-refractivity contribution in [3.8, 4) is 5.75 Å². The van der Waals surface area contributed by atoms with E-state index in [1.165, 1.54) is 12.1 Å². The first-order valence-electron chi connectivity index (χ1n) is 15.2. The molecule has 0 saturated heterocycles. The van der Waals surface area contributed by atoms with Gasteiger partial charge in [0.1, 0.15) is 23.9 Å². The largest absolute Gasteiger partial charge is 0.508 e. The number of carboxylic acids is 2. The molecule has 10 N–H and O–H groups in total. The van der Waals surface area contributed by atoms with Gasteiger partial charge in [-0.15, -0.1) is 0 Å². The molecule has 0 aliphatic heterocycles. The number of aromatic hydroxyl groups is 1. The summed E-state index contributed by atoms with van der Waals surface area (Å²) >= 11 is 0. The standard InChI is InChI=1S/C32H42N6O10/c1-3-18(2)28(31(46)37-24(32(47)48)15-27(42)43)38-30(45)23(14-19-7-5-4-6-8-19)36-26(41)17-34-25(40)16-35-29(44)22(33)13-20-9-11-21(39)12-10-20/h4-12,18,22-24,28,39H,3,13-17,33H2,1-2H3,(H,34,40)(H,35,44)(H,36,41)(H,37,46)(H,38,45)(H,42,43)(H,47,48)/t18-,22-,23-,24-,28-/m0/s1. The molecule has 0 aromatic heterocycles. The lowest BCUT2D eigenvalue weighted by atomic mass is 9.96. The summed E-state index contributed by atoms with van der Waals surface area (Å²) < 4.78 is 0. The molecule has 0 aliphatic carbocycles. The van der Waals surface area contributed by atoms with Gasteiger partial charge in [0, 0.05) is 6.42 Å². The number of carbonyl (C=O) groups excluding carboxylic acids is 5. The number of hydrogen-bond donors (Lipinski definition) is 9. The van der Waals surface area contributed by atoms with Gasteiger partial charge in [0.05, 0.1) is 25.6 Å². The molecular weight excluding hydrogens is 628 g/mol. The van der Waals surface area contributed by atoms with Crippen LogP contribution >= 0.6 is 0 Å². The topological polar surface area (TPSA) is 266 Å². The molecule has 16 nitrogen and oxygen atoms in total. The predicted octanol–water partition coefficient (Wildman–Crippen LogP) is -1.20. The molecule has 48 heavy (non-hydrogen) atoms. The fourth-order valence-electron chi connectivity index (χ4n) is 4.41. The zero-order valence-corrected chi connectivity index (χ0v) is 26.6. The van der Waals surface area contributed by atoms with E-state index in [1.807, 2.05) is 0 Å². The van der Waals surface area contributed by atoms with Crippen LogP contribution in [0.2, 0.25) is 0 Å². The van der Waals surface area contributed by atoms with Crippen molar-refractivity contribution < 1.29 is 48.9 Å². The number of nitrogens with two attached hydrogens (primary N) is 1. The van der Waals surface area contributed by atoms with Gasteiger partial charge in [0.15, 0.2) is 0 Å². The molecule has 0 radical (unpaired) electrons. The minimum Gasteiger partial charge on any atom is -0.508 e. The Labute approximate surface area is 276 Å². The zero-order chi connectivity index (χ0) is 35.8. The molecule has 0 aliphatic rings. The average molecular weight is 671 g/mol. The lowest BCUT2D eigenvalue weighted by molar-refractivity contribution is -0.147. The molecule has 2 aromatic carbocycles. The highest BCUT2D eigenvalue weighted by Crippen LogP contribution is 2.12. The van der Waals surface area contributed by atoms with Gasteiger partial charge in [-0.2, -0.15) is 0 Å². The maximum atomic E-state index is 13.5. The summed E-state index contributed by atoms with van der Waals surface area (Å²) in [6.45, 7) is 2.34. The number of carboxylic acid groups (broad SMARTS) is 2. The Morgan fingerprint density at radius 2 is 1.31 bits per heavy atom. The van der Waals surface area contributed by atoms with Gasteiger partial charge in [0.25, 0.3) is 0 Å². The Morgan fingerprint density at radius 1 is 0.708 bits per heavy atom. The third-order valence-electron chi connectivity index (χ3n) is 7.32. The Balaban J connectivity index is 2.03. The van der Waals surface area contributed by atoms with Crippen LogP contribution in [0.1, 0.15) is 37.8 Å². The van der Waals surface area contributed by atoms with E-state index in [1.54, 1.807) is 56.3 Å². The van der Waals surface area contributed by atoms with Crippen LogP contribution in [-0.4, -0.2) is 94.1 Å². The molecule has 0 fully saturated rings. The zero-order valence-electron chi connectivity index (χ0n) is 26.6. The summed E-state index contributed by atoms with van der Waals surface area (Å²) in [5.41, 5.74) is 7.25. The Kier molecular flexibility index (Phi) is 15.5. The monoisotopic (exact) mass is 670 g/mol. The smallest absolute Gasteiger partial charge is 0.326 e. The van der Waals surface area contributed by atoms with E-state index in [-0.39, 0.29) is 18.6 Å². The van der Waals surface area contributed by atoms with Crippen molar-refractivity contribution in [3.63, 3.8) is 0 Å². The molecule has 0 spiro atoms. The summed E-state index contributed by atoms with van der Waals surface area (Å²) in [4.78, 5) is 86.6. The molecule has 0 saturated carbocycles. The molecule has 5 atom stereocenters. The number of carbonyl (C=O) groups is 7. The summed E-state index contributed by atoms with van der Waals surface area (Å²) in [6.07, 6.45) is -0.345. The van der Waals surface area contributed by atoms with E-state index < -0.39 is 91.1 Å². The van der Waals surface area contributed by atoms with Crippen LogP contribution in [0.15, 0.2) is 54.6 Å². The molecule has 0 unspecified atom stereocenters. The van der Waals surface area contributed by atoms with Crippen molar-refractivity contribution in [1.82, 2.24) is 26.6 Å². The van der Waals surface area contributed by atoms with Crippen LogP contribution in [-0.2, 0) is 46.4 Å². The van der Waals surface area contributed by atoms with Crippen LogP contribution in [0, 0.1) is 5.92 Å². The summed E-state index contributed by atoms with van der Waals surface area (Å²) in [7, 11) is 0. The van der Waals surface area contributed by atoms with Crippen molar-refractivity contribution in [2.45, 2.75) is 63.7 Å². The van der Waals surface area contributed by atoms with Gasteiger partial charge in [0.2, 0.25) is 29.5 Å². The van der Waals surface area contributed by atoms with Crippen molar-refractivity contribution in [2.24, 2.45) is 11.7 Å². The number of aliphatic carboxylic acids is 2. The Bertz CT molecular complexity index is 1440. The van der Waals surface area contributed by atoms with E-state index in [2.05, 4.69) is 26.6 Å². The maximum Gasteiger partial charge on any atom is 0.326 e. The quantitative estimate of drug-likeness (QED) is 0.0856. The highest BCUT2D eigenvalue weighted by molar-refractivity contribution is 5.95. The number of rotatable bonds is 19. The predicted molar refractivity (Wildman–Crippen MR) is 171 cm³/mol. The van der Waals surface area contributed by atoms with Gasteiger partial charge < -0.3 is 47.6 Å². The summed E-state index contributed by atoms with van der Waals surface area (Å²) in [5, 5.41) is 39.7. The van der Waals surface area contributed by atoms with Gasteiger partial charge in [-0.05, 0) is 35.6 Å². The summed E-state index contributed by atoms with van der Waals surface area (Å²) in [5.74, 6) is -7.22. The van der Waals surface area contributed by atoms with Crippen LogP contribution < -0.4 is 32.3 Å². The Hall–Kier alpha value is -5.51. The van der Waals surface area contributed by atoms with Gasteiger partial charge in [-0.1, -0.05) is 62.7 Å². The molecule has 2 aromatic rings. The fraction of sp³-hybridized carbons (Fsp3) is 0.406. The van der Waals surface area contributed by atoms with E-state index in [0.717, 1.165) is 0 Å². The van der Waals surface area contributed by atoms with Crippen LogP contribution in [0.4, 0.5) is 0 Å². The van der Waals surface area contributed by atoms with Crippen LogP contribution in [0.25, 0.3) is 0 Å². The number of phenolic OH excluding ortho intramolecular Hbond substituents is 1. The van der Waals surface area contributed by atoms with Crippen molar-refractivity contribution in [3.05, 3.63) is 65.7 Å². The first-order valence-corrected chi connectivity index (χ1v) is 15.2. The lowest BCUT2D eigenvalue weighted by Gasteiger charge is -2.27. The third kappa shape index (κ3) is 13.5. The first-order chi connectivity index (χ1) is 22.7. The van der Waals surface area contributed by atoms with E-state index in [4.69, 9.17) is 10.8 Å². The van der Waals surface area contributed by atoms with Crippen molar-refractivity contribution in [1.29, 1.82) is 0 Å². The number of benzene rings is 2. The number of amides is 5. The van der Waals surface area contributed by atoms with Crippen LogP contribution in [0.3, 0.4) is 0 Å². The van der Waals surface area contributed by atoms with Crippen molar-refractivity contribution >= 4 is 41.5 Å². The number of nitrogens with one attached hydrogen (secondary N) is 5. The third-order valence-corrected chi connectivity index (χ3v) is 7.32. The average Bonchev–Trinajstić information content (AvgIpc) is 3.05. The minimum absolute atomic E-state index is 0.00700. The van der Waals surface area contributed by atoms with Gasteiger partial charge in [-0.25, -0.2) is 4.79 Å². The maximum absolute atomic E-state index is 13.5. The highest BCUT2D eigenvalue weighted by atomic mass is 16.4. The van der Waals surface area contributed by atoms with E-state index in [9.17, 15) is 43.8 Å². The number of phenols is 1. The number of hydrogen-bond acceptors (Lipinski definition) is 9. The molecule has 5 amide bonds. The lowest BCUT2D eigenvalue weighted by Crippen LogP contribution is -2.58.